The third kappa shape index (κ3) is 5.62. The van der Waals surface area contributed by atoms with Crippen LogP contribution in [0.5, 0.6) is 0 Å². The van der Waals surface area contributed by atoms with Crippen molar-refractivity contribution < 1.29 is 9.47 Å². The summed E-state index contributed by atoms with van der Waals surface area (Å²) in [4.78, 5) is 4.28. The summed E-state index contributed by atoms with van der Waals surface area (Å²) in [7, 11) is 2.02. The predicted molar refractivity (Wildman–Crippen MR) is 71.4 cm³/mol. The second-order valence-electron chi connectivity index (χ2n) is 4.08. The minimum atomic E-state index is -0.0827. The van der Waals surface area contributed by atoms with Crippen molar-refractivity contribution in [3.8, 4) is 0 Å². The van der Waals surface area contributed by atoms with Crippen molar-refractivity contribution in [3.05, 3.63) is 18.2 Å². The summed E-state index contributed by atoms with van der Waals surface area (Å²) in [5, 5.41) is 3.38. The maximum atomic E-state index is 5.48. The Bertz CT molecular complexity index is 309. The van der Waals surface area contributed by atoms with Crippen molar-refractivity contribution in [2.75, 3.05) is 26.3 Å². The smallest absolute Gasteiger partial charge is 0.158 e. The molecule has 5 heteroatoms. The van der Waals surface area contributed by atoms with Crippen LogP contribution in [0.2, 0.25) is 0 Å². The summed E-state index contributed by atoms with van der Waals surface area (Å²) in [5.41, 5.74) is 0. The number of hydrogen-bond acceptors (Lipinski definition) is 4. The Balaban J connectivity index is 2.08. The maximum Gasteiger partial charge on any atom is 0.158 e. The summed E-state index contributed by atoms with van der Waals surface area (Å²) in [6.07, 6.45) is 5.53. The third-order valence-electron chi connectivity index (χ3n) is 2.71. The molecule has 1 aromatic heterocycles. The lowest BCUT2D eigenvalue weighted by Gasteiger charge is -2.16. The monoisotopic (exact) mass is 255 g/mol. The van der Waals surface area contributed by atoms with E-state index in [1.807, 2.05) is 37.9 Å². The van der Waals surface area contributed by atoms with Crippen molar-refractivity contribution in [1.82, 2.24) is 14.9 Å². The molecule has 0 spiro atoms. The van der Waals surface area contributed by atoms with Gasteiger partial charge >= 0.3 is 0 Å². The molecule has 0 radical (unpaired) electrons. The van der Waals surface area contributed by atoms with Crippen molar-refractivity contribution in [2.24, 2.45) is 7.05 Å². The topological polar surface area (TPSA) is 48.3 Å². The molecule has 1 aromatic rings. The largest absolute Gasteiger partial charge is 0.353 e. The van der Waals surface area contributed by atoms with Crippen LogP contribution in [0, 0.1) is 0 Å². The lowest BCUT2D eigenvalue weighted by Crippen LogP contribution is -2.26. The summed E-state index contributed by atoms with van der Waals surface area (Å²) >= 11 is 0. The van der Waals surface area contributed by atoms with E-state index in [9.17, 15) is 0 Å². The molecule has 5 nitrogen and oxygen atoms in total. The van der Waals surface area contributed by atoms with E-state index in [1.165, 1.54) is 0 Å². The van der Waals surface area contributed by atoms with Crippen LogP contribution < -0.4 is 5.32 Å². The molecule has 0 saturated heterocycles. The fourth-order valence-corrected chi connectivity index (χ4v) is 1.77. The molecule has 0 bridgehead atoms. The fraction of sp³-hybridized carbons (Fsp3) is 0.769. The molecule has 0 saturated carbocycles. The van der Waals surface area contributed by atoms with E-state index in [0.717, 1.165) is 31.8 Å². The highest BCUT2D eigenvalue weighted by molar-refractivity contribution is 4.91. The van der Waals surface area contributed by atoms with Gasteiger partial charge in [0.15, 0.2) is 6.29 Å². The molecule has 1 heterocycles. The Morgan fingerprint density at radius 2 is 2.00 bits per heavy atom. The highest BCUT2D eigenvalue weighted by atomic mass is 16.7. The summed E-state index contributed by atoms with van der Waals surface area (Å²) in [6.45, 7) is 7.18. The van der Waals surface area contributed by atoms with Gasteiger partial charge in [0.1, 0.15) is 5.82 Å². The van der Waals surface area contributed by atoms with Crippen molar-refractivity contribution in [2.45, 2.75) is 33.0 Å². The molecule has 1 rings (SSSR count). The van der Waals surface area contributed by atoms with Crippen molar-refractivity contribution in [3.63, 3.8) is 0 Å². The number of aryl methyl sites for hydroxylation is 1. The van der Waals surface area contributed by atoms with Gasteiger partial charge in [0.25, 0.3) is 0 Å². The minimum Gasteiger partial charge on any atom is -0.353 e. The van der Waals surface area contributed by atoms with E-state index in [-0.39, 0.29) is 6.29 Å². The Morgan fingerprint density at radius 1 is 1.28 bits per heavy atom. The van der Waals surface area contributed by atoms with Gasteiger partial charge in [-0.25, -0.2) is 4.98 Å². The summed E-state index contributed by atoms with van der Waals surface area (Å²) in [6, 6.07) is 0. The quantitative estimate of drug-likeness (QED) is 0.506. The number of ether oxygens (including phenoxy) is 2. The van der Waals surface area contributed by atoms with Gasteiger partial charge in [0, 0.05) is 52.0 Å². The van der Waals surface area contributed by atoms with Gasteiger partial charge in [-0.1, -0.05) is 0 Å². The van der Waals surface area contributed by atoms with Crippen LogP contribution in [0.4, 0.5) is 0 Å². The Morgan fingerprint density at radius 3 is 2.56 bits per heavy atom. The molecular weight excluding hydrogens is 230 g/mol. The molecule has 0 amide bonds. The second-order valence-corrected chi connectivity index (χ2v) is 4.08. The van der Waals surface area contributed by atoms with Gasteiger partial charge in [-0.2, -0.15) is 0 Å². The van der Waals surface area contributed by atoms with E-state index in [1.54, 1.807) is 0 Å². The van der Waals surface area contributed by atoms with E-state index in [0.29, 0.717) is 13.2 Å². The molecule has 0 fully saturated rings. The Hall–Kier alpha value is -0.910. The maximum absolute atomic E-state index is 5.48. The molecule has 1 N–H and O–H groups in total. The molecule has 104 valence electrons. The number of aromatic nitrogens is 2. The van der Waals surface area contributed by atoms with Crippen LogP contribution in [0.3, 0.4) is 0 Å². The summed E-state index contributed by atoms with van der Waals surface area (Å²) < 4.78 is 13.0. The average Bonchev–Trinajstić information content (AvgIpc) is 2.75. The molecule has 0 aliphatic rings. The first-order valence-corrected chi connectivity index (χ1v) is 6.68. The highest BCUT2D eigenvalue weighted by Gasteiger charge is 2.06. The van der Waals surface area contributed by atoms with E-state index in [2.05, 4.69) is 10.3 Å². The minimum absolute atomic E-state index is 0.0827. The lowest BCUT2D eigenvalue weighted by molar-refractivity contribution is -0.138. The van der Waals surface area contributed by atoms with Gasteiger partial charge < -0.3 is 19.4 Å². The zero-order chi connectivity index (χ0) is 13.2. The van der Waals surface area contributed by atoms with Crippen molar-refractivity contribution in [1.29, 1.82) is 0 Å². The first-order chi connectivity index (χ1) is 8.77. The number of rotatable bonds is 10. The SMILES string of the molecule is CCOC(CCNCCc1nccn1C)OCC. The molecular formula is C13H25N3O2. The Labute approximate surface area is 109 Å². The number of hydrogen-bond donors (Lipinski definition) is 1. The van der Waals surface area contributed by atoms with Crippen LogP contribution in [0.25, 0.3) is 0 Å². The number of nitrogens with one attached hydrogen (secondary N) is 1. The molecule has 0 aliphatic carbocycles. The molecule has 0 atom stereocenters. The Kier molecular flexibility index (Phi) is 7.64. The van der Waals surface area contributed by atoms with Gasteiger partial charge in [0.05, 0.1) is 0 Å². The average molecular weight is 255 g/mol. The van der Waals surface area contributed by atoms with E-state index in [4.69, 9.17) is 9.47 Å². The van der Waals surface area contributed by atoms with E-state index >= 15 is 0 Å². The van der Waals surface area contributed by atoms with E-state index < -0.39 is 0 Å². The third-order valence-corrected chi connectivity index (χ3v) is 2.71. The zero-order valence-corrected chi connectivity index (χ0v) is 11.7. The standard InChI is InChI=1S/C13H25N3O2/c1-4-17-13(18-5-2)7-9-14-8-6-12-15-10-11-16(12)3/h10-11,13-14H,4-9H2,1-3H3. The molecule has 0 aromatic carbocycles. The predicted octanol–water partition coefficient (Wildman–Crippen LogP) is 1.34. The van der Waals surface area contributed by atoms with Crippen LogP contribution in [-0.4, -0.2) is 42.1 Å². The molecule has 18 heavy (non-hydrogen) atoms. The molecule has 0 aliphatic heterocycles. The van der Waals surface area contributed by atoms with Crippen molar-refractivity contribution >= 4 is 0 Å². The number of imidazole rings is 1. The van der Waals surface area contributed by atoms with Gasteiger partial charge in [-0.05, 0) is 20.4 Å². The summed E-state index contributed by atoms with van der Waals surface area (Å²) in [5.74, 6) is 1.11. The van der Waals surface area contributed by atoms with Gasteiger partial charge in [-0.3, -0.25) is 0 Å². The second kappa shape index (κ2) is 9.08. The van der Waals surface area contributed by atoms with Crippen LogP contribution in [0.15, 0.2) is 12.4 Å². The normalized spacial score (nSPS) is 11.3. The fourth-order valence-electron chi connectivity index (χ4n) is 1.77. The number of nitrogens with zero attached hydrogens (tertiary/aromatic N) is 2. The molecule has 0 unspecified atom stereocenters. The van der Waals surface area contributed by atoms with Gasteiger partial charge in [0.2, 0.25) is 0 Å². The first-order valence-electron chi connectivity index (χ1n) is 6.68. The zero-order valence-electron chi connectivity index (χ0n) is 11.7. The lowest BCUT2D eigenvalue weighted by atomic mass is 10.3. The first kappa shape index (κ1) is 15.1. The van der Waals surface area contributed by atoms with Crippen LogP contribution in [0.1, 0.15) is 26.1 Å². The van der Waals surface area contributed by atoms with Crippen LogP contribution >= 0.6 is 0 Å². The van der Waals surface area contributed by atoms with Gasteiger partial charge in [-0.15, -0.1) is 0 Å². The highest BCUT2D eigenvalue weighted by Crippen LogP contribution is 2.00. The van der Waals surface area contributed by atoms with Crippen LogP contribution in [-0.2, 0) is 22.9 Å².